The van der Waals surface area contributed by atoms with Gasteiger partial charge in [-0.15, -0.1) is 0 Å². The third kappa shape index (κ3) is 4.63. The van der Waals surface area contributed by atoms with Crippen LogP contribution in [0.4, 0.5) is 0 Å². The number of carbonyl (C=O) groups excluding carboxylic acids is 2. The summed E-state index contributed by atoms with van der Waals surface area (Å²) >= 11 is 0. The number of para-hydroxylation sites is 1. The van der Waals surface area contributed by atoms with Crippen molar-refractivity contribution in [1.82, 2.24) is 10.2 Å². The summed E-state index contributed by atoms with van der Waals surface area (Å²) in [5, 5.41) is 3.05. The van der Waals surface area contributed by atoms with Crippen molar-refractivity contribution in [3.63, 3.8) is 0 Å². The second-order valence-electron chi connectivity index (χ2n) is 8.36. The van der Waals surface area contributed by atoms with Crippen LogP contribution < -0.4 is 10.1 Å². The van der Waals surface area contributed by atoms with Crippen LogP contribution in [-0.4, -0.2) is 41.9 Å². The third-order valence-corrected chi connectivity index (χ3v) is 5.77. The number of hydrogen-bond acceptors (Lipinski definition) is 3. The Morgan fingerprint density at radius 2 is 1.96 bits per heavy atom. The van der Waals surface area contributed by atoms with E-state index in [0.717, 1.165) is 43.7 Å². The highest BCUT2D eigenvalue weighted by molar-refractivity contribution is 5.77. The predicted molar refractivity (Wildman–Crippen MR) is 106 cm³/mol. The van der Waals surface area contributed by atoms with Crippen LogP contribution in [0.15, 0.2) is 24.3 Å². The van der Waals surface area contributed by atoms with E-state index in [-0.39, 0.29) is 23.3 Å². The summed E-state index contributed by atoms with van der Waals surface area (Å²) in [5.74, 6) is 1.84. The molecule has 0 aromatic heterocycles. The molecule has 2 amide bonds. The van der Waals surface area contributed by atoms with E-state index >= 15 is 0 Å². The highest BCUT2D eigenvalue weighted by Gasteiger charge is 2.44. The van der Waals surface area contributed by atoms with Crippen molar-refractivity contribution >= 4 is 11.8 Å². The molecule has 0 bridgehead atoms. The van der Waals surface area contributed by atoms with E-state index in [0.29, 0.717) is 25.3 Å². The van der Waals surface area contributed by atoms with Crippen molar-refractivity contribution < 1.29 is 14.3 Å². The van der Waals surface area contributed by atoms with Gasteiger partial charge in [0.2, 0.25) is 11.8 Å². The maximum Gasteiger partial charge on any atom is 0.222 e. The second kappa shape index (κ2) is 8.32. The van der Waals surface area contributed by atoms with Crippen molar-refractivity contribution in [2.45, 2.75) is 64.4 Å². The number of nitrogens with one attached hydrogen (secondary N) is 1. The molecule has 2 aliphatic heterocycles. The predicted octanol–water partition coefficient (Wildman–Crippen LogP) is 3.49. The van der Waals surface area contributed by atoms with Gasteiger partial charge in [-0.1, -0.05) is 39.0 Å². The van der Waals surface area contributed by atoms with E-state index in [1.54, 1.807) is 0 Å². The molecule has 1 saturated heterocycles. The fraction of sp³-hybridized carbons (Fsp3) is 0.636. The Labute approximate surface area is 162 Å². The van der Waals surface area contributed by atoms with Gasteiger partial charge in [0.05, 0.1) is 0 Å². The summed E-state index contributed by atoms with van der Waals surface area (Å²) < 4.78 is 6.46. The smallest absolute Gasteiger partial charge is 0.222 e. The minimum Gasteiger partial charge on any atom is -0.487 e. The topological polar surface area (TPSA) is 58.6 Å². The molecule has 1 fully saturated rings. The fourth-order valence-corrected chi connectivity index (χ4v) is 4.23. The Morgan fingerprint density at radius 1 is 1.26 bits per heavy atom. The first kappa shape index (κ1) is 19.7. The molecule has 3 rings (SSSR count). The summed E-state index contributed by atoms with van der Waals surface area (Å²) in [6.45, 7) is 8.30. The fourth-order valence-electron chi connectivity index (χ4n) is 4.23. The number of hydrogen-bond donors (Lipinski definition) is 1. The van der Waals surface area contributed by atoms with Gasteiger partial charge in [0.1, 0.15) is 11.4 Å². The number of fused-ring (bicyclic) bond motifs is 1. The summed E-state index contributed by atoms with van der Waals surface area (Å²) in [4.78, 5) is 26.4. The molecule has 1 aromatic rings. The standard InChI is InChI=1S/C22H32N2O3/c1-4-21(26)24-11-9-22(10-12-24)14-17(13-20(25)23-15-16(2)3)18-7-5-6-8-19(18)27-22/h5-8,16-17H,4,9-15H2,1-3H3,(H,23,25)/t17-/m0/s1. The zero-order valence-electron chi connectivity index (χ0n) is 16.8. The summed E-state index contributed by atoms with van der Waals surface area (Å²) in [7, 11) is 0. The van der Waals surface area contributed by atoms with Crippen molar-refractivity contribution in [3.8, 4) is 5.75 Å². The quantitative estimate of drug-likeness (QED) is 0.861. The van der Waals surface area contributed by atoms with Crippen LogP contribution in [0.1, 0.15) is 64.4 Å². The lowest BCUT2D eigenvalue weighted by atomic mass is 9.76. The second-order valence-corrected chi connectivity index (χ2v) is 8.36. The van der Waals surface area contributed by atoms with E-state index < -0.39 is 0 Å². The number of nitrogens with zero attached hydrogens (tertiary/aromatic N) is 1. The SMILES string of the molecule is CCC(=O)N1CCC2(CC1)C[C@H](CC(=O)NCC(C)C)c1ccccc1O2. The normalized spacial score (nSPS) is 20.9. The van der Waals surface area contributed by atoms with E-state index in [9.17, 15) is 9.59 Å². The third-order valence-electron chi connectivity index (χ3n) is 5.77. The number of ether oxygens (including phenoxy) is 1. The Bertz CT molecular complexity index is 678. The zero-order chi connectivity index (χ0) is 19.4. The van der Waals surface area contributed by atoms with E-state index in [2.05, 4.69) is 25.2 Å². The first-order valence-corrected chi connectivity index (χ1v) is 10.2. The number of benzene rings is 1. The van der Waals surface area contributed by atoms with Gasteiger partial charge in [0.25, 0.3) is 0 Å². The van der Waals surface area contributed by atoms with Crippen LogP contribution in [0.5, 0.6) is 5.75 Å². The van der Waals surface area contributed by atoms with Crippen LogP contribution >= 0.6 is 0 Å². The van der Waals surface area contributed by atoms with Crippen LogP contribution in [0.3, 0.4) is 0 Å². The van der Waals surface area contributed by atoms with Crippen LogP contribution in [-0.2, 0) is 9.59 Å². The first-order chi connectivity index (χ1) is 12.9. The number of piperidine rings is 1. The lowest BCUT2D eigenvalue weighted by Crippen LogP contribution is -2.52. The molecule has 0 unspecified atom stereocenters. The minimum atomic E-state index is -0.262. The lowest BCUT2D eigenvalue weighted by Gasteiger charge is -2.47. The zero-order valence-corrected chi connectivity index (χ0v) is 16.8. The van der Waals surface area contributed by atoms with Crippen molar-refractivity contribution in [1.29, 1.82) is 0 Å². The van der Waals surface area contributed by atoms with Gasteiger partial charge < -0.3 is 15.0 Å². The molecule has 2 heterocycles. The first-order valence-electron chi connectivity index (χ1n) is 10.2. The monoisotopic (exact) mass is 372 g/mol. The summed E-state index contributed by atoms with van der Waals surface area (Å²) in [5.41, 5.74) is 0.872. The Kier molecular flexibility index (Phi) is 6.08. The minimum absolute atomic E-state index is 0.110. The van der Waals surface area contributed by atoms with Crippen molar-refractivity contribution in [2.75, 3.05) is 19.6 Å². The number of amides is 2. The molecule has 5 nitrogen and oxygen atoms in total. The lowest BCUT2D eigenvalue weighted by molar-refractivity contribution is -0.135. The number of rotatable bonds is 5. The van der Waals surface area contributed by atoms with Crippen LogP contribution in [0, 0.1) is 5.92 Å². The average Bonchev–Trinajstić information content (AvgIpc) is 2.66. The van der Waals surface area contributed by atoms with Crippen molar-refractivity contribution in [2.24, 2.45) is 5.92 Å². The molecule has 27 heavy (non-hydrogen) atoms. The van der Waals surface area contributed by atoms with Crippen LogP contribution in [0.2, 0.25) is 0 Å². The summed E-state index contributed by atoms with van der Waals surface area (Å²) in [6.07, 6.45) is 3.55. The Balaban J connectivity index is 1.73. The van der Waals surface area contributed by atoms with Gasteiger partial charge in [0, 0.05) is 51.2 Å². The van der Waals surface area contributed by atoms with Gasteiger partial charge in [-0.05, 0) is 24.0 Å². The maximum absolute atomic E-state index is 12.5. The number of likely N-dealkylation sites (tertiary alicyclic amines) is 1. The molecule has 5 heteroatoms. The molecule has 1 atom stereocenters. The van der Waals surface area contributed by atoms with Crippen LogP contribution in [0.25, 0.3) is 0 Å². The Hall–Kier alpha value is -2.04. The molecule has 1 spiro atoms. The highest BCUT2D eigenvalue weighted by atomic mass is 16.5. The summed E-state index contributed by atoms with van der Waals surface area (Å²) in [6, 6.07) is 8.10. The molecule has 1 aromatic carbocycles. The Morgan fingerprint density at radius 3 is 2.63 bits per heavy atom. The van der Waals surface area contributed by atoms with Gasteiger partial charge in [-0.2, -0.15) is 0 Å². The van der Waals surface area contributed by atoms with Crippen molar-refractivity contribution in [3.05, 3.63) is 29.8 Å². The van der Waals surface area contributed by atoms with Gasteiger partial charge >= 0.3 is 0 Å². The number of carbonyl (C=O) groups is 2. The molecule has 148 valence electrons. The van der Waals surface area contributed by atoms with Gasteiger partial charge in [-0.3, -0.25) is 9.59 Å². The molecule has 2 aliphatic rings. The van der Waals surface area contributed by atoms with E-state index in [4.69, 9.17) is 4.74 Å². The molecule has 1 N–H and O–H groups in total. The largest absolute Gasteiger partial charge is 0.487 e. The molecule has 0 saturated carbocycles. The van der Waals surface area contributed by atoms with E-state index in [1.807, 2.05) is 30.0 Å². The molecular formula is C22H32N2O3. The molecule has 0 aliphatic carbocycles. The average molecular weight is 373 g/mol. The van der Waals surface area contributed by atoms with E-state index in [1.165, 1.54) is 0 Å². The van der Waals surface area contributed by atoms with Gasteiger partial charge in [-0.25, -0.2) is 0 Å². The van der Waals surface area contributed by atoms with Gasteiger partial charge in [0.15, 0.2) is 0 Å². The molecule has 0 radical (unpaired) electrons. The highest BCUT2D eigenvalue weighted by Crippen LogP contribution is 2.46. The maximum atomic E-state index is 12.5. The molecular weight excluding hydrogens is 340 g/mol.